The van der Waals surface area contributed by atoms with E-state index in [9.17, 15) is 19.4 Å². The molecule has 0 heterocycles. The molecule has 8 nitrogen and oxygen atoms in total. The summed E-state index contributed by atoms with van der Waals surface area (Å²) in [6, 6.07) is -0.927. The number of carbonyl (C=O) groups is 1. The largest absolute Gasteiger partial charge is 0.756 e. The number of unbranched alkanes of at least 4 members (excludes halogenated alkanes) is 9. The van der Waals surface area contributed by atoms with Gasteiger partial charge in [0.15, 0.2) is 0 Å². The fourth-order valence-corrected chi connectivity index (χ4v) is 6.16. The third-order valence-electron chi connectivity index (χ3n) is 8.97. The van der Waals surface area contributed by atoms with Gasteiger partial charge in [0, 0.05) is 6.42 Å². The third kappa shape index (κ3) is 41.3. The molecule has 3 atom stereocenters. The van der Waals surface area contributed by atoms with Crippen LogP contribution in [0.25, 0.3) is 0 Å². The highest BCUT2D eigenvalue weighted by Crippen LogP contribution is 2.38. The van der Waals surface area contributed by atoms with Gasteiger partial charge in [-0.1, -0.05) is 155 Å². The van der Waals surface area contributed by atoms with E-state index in [-0.39, 0.29) is 18.9 Å². The van der Waals surface area contributed by atoms with E-state index in [0.717, 1.165) is 83.5 Å². The average molecular weight is 827 g/mol. The average Bonchev–Trinajstić information content (AvgIpc) is 3.17. The second kappa shape index (κ2) is 39.6. The molecule has 0 fully saturated rings. The van der Waals surface area contributed by atoms with Crippen LogP contribution in [0, 0.1) is 0 Å². The highest BCUT2D eigenvalue weighted by Gasteiger charge is 2.23. The van der Waals surface area contributed by atoms with Crippen molar-refractivity contribution in [1.82, 2.24) is 5.32 Å². The number of nitrogens with zero attached hydrogens (tertiary/aromatic N) is 1. The number of aliphatic hydroxyl groups excluding tert-OH is 1. The number of hydrogen-bond acceptors (Lipinski definition) is 6. The van der Waals surface area contributed by atoms with Crippen molar-refractivity contribution in [2.24, 2.45) is 0 Å². The second-order valence-electron chi connectivity index (χ2n) is 15.7. The number of allylic oxidation sites excluding steroid dienone is 17. The molecule has 0 aromatic heterocycles. The number of nitrogens with one attached hydrogen (secondary N) is 1. The SMILES string of the molecule is CC/C=C\C/C=C\C/C=C\C/C=C\C/C=C\C/C=C\C/C=C\CCCCCC(=O)NC(COP(=O)([O-])OCC[N+](C)(C)C)C(O)/C=C/CC/C=C/CCCCCCC. The number of phosphoric acid groups is 1. The zero-order chi connectivity index (χ0) is 42.8. The molecular formula is C49H83N2O6P. The van der Waals surface area contributed by atoms with E-state index < -0.39 is 26.6 Å². The number of carbonyl (C=O) groups excluding carboxylic acids is 1. The van der Waals surface area contributed by atoms with Crippen molar-refractivity contribution in [3.8, 4) is 0 Å². The summed E-state index contributed by atoms with van der Waals surface area (Å²) in [7, 11) is 1.19. The third-order valence-corrected chi connectivity index (χ3v) is 9.93. The lowest BCUT2D eigenvalue weighted by atomic mass is 10.1. The van der Waals surface area contributed by atoms with E-state index >= 15 is 0 Å². The van der Waals surface area contributed by atoms with Gasteiger partial charge in [-0.05, 0) is 89.9 Å². The molecule has 330 valence electrons. The highest BCUT2D eigenvalue weighted by atomic mass is 31.2. The lowest BCUT2D eigenvalue weighted by Gasteiger charge is -2.29. The van der Waals surface area contributed by atoms with E-state index in [1.54, 1.807) is 6.08 Å². The van der Waals surface area contributed by atoms with Gasteiger partial charge in [0.2, 0.25) is 5.91 Å². The van der Waals surface area contributed by atoms with Gasteiger partial charge in [-0.25, -0.2) is 0 Å². The monoisotopic (exact) mass is 827 g/mol. The zero-order valence-electron chi connectivity index (χ0n) is 37.2. The van der Waals surface area contributed by atoms with E-state index in [0.29, 0.717) is 17.4 Å². The molecule has 0 aliphatic carbocycles. The maximum atomic E-state index is 12.8. The van der Waals surface area contributed by atoms with Crippen LogP contribution in [0.15, 0.2) is 109 Å². The molecule has 0 aliphatic rings. The summed E-state index contributed by atoms with van der Waals surface area (Å²) in [4.78, 5) is 25.2. The minimum atomic E-state index is -4.61. The summed E-state index contributed by atoms with van der Waals surface area (Å²) in [6.45, 7) is 4.42. The van der Waals surface area contributed by atoms with Crippen molar-refractivity contribution in [2.45, 2.75) is 154 Å². The Hall–Kier alpha value is -2.84. The van der Waals surface area contributed by atoms with Crippen LogP contribution in [0.3, 0.4) is 0 Å². The van der Waals surface area contributed by atoms with Crippen LogP contribution in [0.5, 0.6) is 0 Å². The van der Waals surface area contributed by atoms with Crippen molar-refractivity contribution in [3.63, 3.8) is 0 Å². The Morgan fingerprint density at radius 3 is 1.59 bits per heavy atom. The summed E-state index contributed by atoms with van der Waals surface area (Å²) < 4.78 is 23.1. The standard InChI is InChI=1S/C49H83N2O6P/c1-6-8-10-12-14-16-18-19-20-21-22-23-24-25-26-27-28-29-30-31-33-35-37-39-41-43-49(53)50-47(46-57-58(54,55)56-45-44-51(3,4)5)48(52)42-40-38-36-34-32-17-15-13-11-9-7-2/h8,10,14,16,19-20,22-23,25-26,28-29,31-34,40,42,47-48,52H,6-7,9,11-13,15,17-18,21,24,27,30,35-39,41,43-46H2,1-5H3,(H-,50,53,54,55)/b10-8-,16-14-,20-19-,23-22-,26-25-,29-28-,33-31-,34-32+,42-40+. The van der Waals surface area contributed by atoms with E-state index in [4.69, 9.17) is 9.05 Å². The number of phosphoric ester groups is 1. The molecule has 2 N–H and O–H groups in total. The number of rotatable bonds is 38. The van der Waals surface area contributed by atoms with Gasteiger partial charge in [-0.3, -0.25) is 9.36 Å². The summed E-state index contributed by atoms with van der Waals surface area (Å²) in [5, 5.41) is 13.7. The van der Waals surface area contributed by atoms with Crippen LogP contribution in [0.2, 0.25) is 0 Å². The molecule has 0 saturated heterocycles. The first kappa shape index (κ1) is 55.2. The molecule has 3 unspecified atom stereocenters. The molecule has 0 radical (unpaired) electrons. The van der Waals surface area contributed by atoms with Gasteiger partial charge in [-0.2, -0.15) is 0 Å². The Kier molecular flexibility index (Phi) is 37.7. The molecule has 0 aromatic rings. The van der Waals surface area contributed by atoms with Crippen molar-refractivity contribution in [2.75, 3.05) is 40.9 Å². The van der Waals surface area contributed by atoms with E-state index in [1.807, 2.05) is 27.2 Å². The van der Waals surface area contributed by atoms with E-state index in [2.05, 4.69) is 116 Å². The van der Waals surface area contributed by atoms with Gasteiger partial charge in [0.1, 0.15) is 13.2 Å². The fourth-order valence-electron chi connectivity index (χ4n) is 5.44. The van der Waals surface area contributed by atoms with Crippen LogP contribution < -0.4 is 10.2 Å². The first-order valence-corrected chi connectivity index (χ1v) is 23.7. The molecule has 0 saturated carbocycles. The molecule has 0 aliphatic heterocycles. The van der Waals surface area contributed by atoms with Crippen LogP contribution in [0.1, 0.15) is 142 Å². The first-order chi connectivity index (χ1) is 28.0. The molecule has 9 heteroatoms. The fraction of sp³-hybridized carbons (Fsp3) is 0.612. The normalized spacial score (nSPS) is 15.4. The number of amides is 1. The smallest absolute Gasteiger partial charge is 0.268 e. The second-order valence-corrected chi connectivity index (χ2v) is 17.1. The van der Waals surface area contributed by atoms with Gasteiger partial charge < -0.3 is 28.8 Å². The Morgan fingerprint density at radius 2 is 1.07 bits per heavy atom. The van der Waals surface area contributed by atoms with Crippen LogP contribution in [-0.4, -0.2) is 68.5 Å². The topological polar surface area (TPSA) is 108 Å². The van der Waals surface area contributed by atoms with E-state index in [1.165, 1.54) is 32.1 Å². The Balaban J connectivity index is 4.46. The van der Waals surface area contributed by atoms with Gasteiger partial charge in [0.25, 0.3) is 7.82 Å². The molecule has 58 heavy (non-hydrogen) atoms. The maximum absolute atomic E-state index is 12.8. The molecule has 0 aromatic carbocycles. The number of aliphatic hydroxyl groups is 1. The molecular weight excluding hydrogens is 744 g/mol. The number of hydrogen-bond donors (Lipinski definition) is 2. The quantitative estimate of drug-likeness (QED) is 0.0278. The van der Waals surface area contributed by atoms with Crippen molar-refractivity contribution < 1.29 is 32.9 Å². The minimum Gasteiger partial charge on any atom is -0.756 e. The first-order valence-electron chi connectivity index (χ1n) is 22.2. The van der Waals surface area contributed by atoms with Crippen molar-refractivity contribution in [3.05, 3.63) is 109 Å². The summed E-state index contributed by atoms with van der Waals surface area (Å²) in [5.41, 5.74) is 0. The molecule has 0 spiro atoms. The summed E-state index contributed by atoms with van der Waals surface area (Å²) in [6.07, 6.45) is 57.2. The predicted molar refractivity (Wildman–Crippen MR) is 246 cm³/mol. The lowest BCUT2D eigenvalue weighted by molar-refractivity contribution is -0.870. The Labute approximate surface area is 355 Å². The summed E-state index contributed by atoms with van der Waals surface area (Å²) >= 11 is 0. The lowest BCUT2D eigenvalue weighted by Crippen LogP contribution is -2.45. The van der Waals surface area contributed by atoms with Crippen LogP contribution in [-0.2, 0) is 18.4 Å². The predicted octanol–water partition coefficient (Wildman–Crippen LogP) is 11.9. The van der Waals surface area contributed by atoms with Crippen molar-refractivity contribution in [1.29, 1.82) is 0 Å². The Bertz CT molecular complexity index is 1300. The number of quaternary nitrogens is 1. The van der Waals surface area contributed by atoms with Crippen LogP contribution >= 0.6 is 7.82 Å². The maximum Gasteiger partial charge on any atom is 0.268 e. The zero-order valence-corrected chi connectivity index (χ0v) is 38.1. The van der Waals surface area contributed by atoms with Gasteiger partial charge in [0.05, 0.1) is 39.9 Å². The Morgan fingerprint density at radius 1 is 0.621 bits per heavy atom. The van der Waals surface area contributed by atoms with Crippen LogP contribution in [0.4, 0.5) is 0 Å². The van der Waals surface area contributed by atoms with Gasteiger partial charge >= 0.3 is 0 Å². The summed E-state index contributed by atoms with van der Waals surface area (Å²) in [5.74, 6) is -0.247. The highest BCUT2D eigenvalue weighted by molar-refractivity contribution is 7.45. The molecule has 0 rings (SSSR count). The van der Waals surface area contributed by atoms with Gasteiger partial charge in [-0.15, -0.1) is 0 Å². The number of likely N-dealkylation sites (N-methyl/N-ethyl adjacent to an activating group) is 1. The van der Waals surface area contributed by atoms with Crippen molar-refractivity contribution >= 4 is 13.7 Å². The minimum absolute atomic E-state index is 0.0201. The molecule has 0 bridgehead atoms. The molecule has 1 amide bonds.